The molecular formula is C13H19N3O3. The molecule has 1 N–H and O–H groups in total. The highest BCUT2D eigenvalue weighted by molar-refractivity contribution is 5.81. The Balaban J connectivity index is 1.73. The highest BCUT2D eigenvalue weighted by Crippen LogP contribution is 2.13. The van der Waals surface area contributed by atoms with Gasteiger partial charge in [-0.25, -0.2) is 0 Å². The topological polar surface area (TPSA) is 73.2 Å². The number of carbonyl (C=O) groups excluding carboxylic acids is 2. The summed E-state index contributed by atoms with van der Waals surface area (Å²) in [4.78, 5) is 22.9. The number of aromatic nitrogens is 2. The molecule has 1 aromatic rings. The van der Waals surface area contributed by atoms with Gasteiger partial charge in [-0.1, -0.05) is 0 Å². The smallest absolute Gasteiger partial charge is 0.306 e. The van der Waals surface area contributed by atoms with Gasteiger partial charge in [-0.05, 0) is 19.4 Å². The average molecular weight is 265 g/mol. The number of aryl methyl sites for hydroxylation is 1. The maximum atomic E-state index is 11.7. The monoisotopic (exact) mass is 265 g/mol. The number of amides is 1. The Morgan fingerprint density at radius 2 is 2.37 bits per heavy atom. The number of hydrogen-bond acceptors (Lipinski definition) is 4. The maximum absolute atomic E-state index is 11.7. The quantitative estimate of drug-likeness (QED) is 0.794. The van der Waals surface area contributed by atoms with Crippen LogP contribution in [-0.4, -0.2) is 34.3 Å². The SMILES string of the molecule is CCOC(=O)CCC(=O)NC1CCn2nccc2C1. The fourth-order valence-corrected chi connectivity index (χ4v) is 2.24. The number of rotatable bonds is 5. The molecule has 2 heterocycles. The summed E-state index contributed by atoms with van der Waals surface area (Å²) in [6.07, 6.45) is 3.78. The minimum Gasteiger partial charge on any atom is -0.466 e. The lowest BCUT2D eigenvalue weighted by atomic mass is 10.0. The molecule has 0 aromatic carbocycles. The number of esters is 1. The summed E-state index contributed by atoms with van der Waals surface area (Å²) in [5, 5.41) is 7.15. The highest BCUT2D eigenvalue weighted by Gasteiger charge is 2.20. The van der Waals surface area contributed by atoms with Gasteiger partial charge in [0.05, 0.1) is 13.0 Å². The van der Waals surface area contributed by atoms with Crippen LogP contribution in [0.2, 0.25) is 0 Å². The van der Waals surface area contributed by atoms with Gasteiger partial charge >= 0.3 is 5.97 Å². The molecule has 1 aliphatic rings. The molecule has 1 unspecified atom stereocenters. The Labute approximate surface area is 112 Å². The maximum Gasteiger partial charge on any atom is 0.306 e. The van der Waals surface area contributed by atoms with Crippen molar-refractivity contribution >= 4 is 11.9 Å². The predicted octanol–water partition coefficient (Wildman–Crippen LogP) is 0.657. The number of nitrogens with zero attached hydrogens (tertiary/aromatic N) is 2. The fourth-order valence-electron chi connectivity index (χ4n) is 2.24. The van der Waals surface area contributed by atoms with Crippen molar-refractivity contribution < 1.29 is 14.3 Å². The third-order valence-corrected chi connectivity index (χ3v) is 3.18. The number of carbonyl (C=O) groups is 2. The molecule has 0 saturated carbocycles. The first-order valence-electron chi connectivity index (χ1n) is 6.64. The van der Waals surface area contributed by atoms with Crippen molar-refractivity contribution in [3.63, 3.8) is 0 Å². The van der Waals surface area contributed by atoms with Crippen LogP contribution < -0.4 is 5.32 Å². The summed E-state index contributed by atoms with van der Waals surface area (Å²) in [6, 6.07) is 2.11. The van der Waals surface area contributed by atoms with E-state index < -0.39 is 0 Å². The van der Waals surface area contributed by atoms with Gasteiger partial charge in [0.1, 0.15) is 0 Å². The first kappa shape index (κ1) is 13.6. The molecule has 19 heavy (non-hydrogen) atoms. The van der Waals surface area contributed by atoms with Crippen molar-refractivity contribution in [2.75, 3.05) is 6.61 Å². The Kier molecular flexibility index (Phi) is 4.54. The Bertz CT molecular complexity index is 456. The van der Waals surface area contributed by atoms with Crippen LogP contribution in [0.1, 0.15) is 31.9 Å². The van der Waals surface area contributed by atoms with Crippen molar-refractivity contribution in [3.8, 4) is 0 Å². The van der Waals surface area contributed by atoms with Crippen LogP contribution in [0.5, 0.6) is 0 Å². The van der Waals surface area contributed by atoms with E-state index in [-0.39, 0.29) is 30.8 Å². The third kappa shape index (κ3) is 3.81. The van der Waals surface area contributed by atoms with Crippen molar-refractivity contribution in [2.24, 2.45) is 0 Å². The van der Waals surface area contributed by atoms with Crippen LogP contribution >= 0.6 is 0 Å². The van der Waals surface area contributed by atoms with E-state index >= 15 is 0 Å². The standard InChI is InChI=1S/C13H19N3O3/c1-2-19-13(18)4-3-12(17)15-10-6-8-16-11(9-10)5-7-14-16/h5,7,10H,2-4,6,8-9H2,1H3,(H,15,17). The van der Waals surface area contributed by atoms with Crippen molar-refractivity contribution in [3.05, 3.63) is 18.0 Å². The first-order chi connectivity index (χ1) is 9.19. The summed E-state index contributed by atoms with van der Waals surface area (Å²) in [6.45, 7) is 2.93. The molecule has 1 aliphatic heterocycles. The molecule has 1 aromatic heterocycles. The lowest BCUT2D eigenvalue weighted by Gasteiger charge is -2.24. The van der Waals surface area contributed by atoms with Gasteiger partial charge in [-0.2, -0.15) is 5.10 Å². The summed E-state index contributed by atoms with van der Waals surface area (Å²) >= 11 is 0. The largest absolute Gasteiger partial charge is 0.466 e. The van der Waals surface area contributed by atoms with E-state index in [9.17, 15) is 9.59 Å². The van der Waals surface area contributed by atoms with Crippen LogP contribution in [0.3, 0.4) is 0 Å². The van der Waals surface area contributed by atoms with Gasteiger partial charge in [0.2, 0.25) is 5.91 Å². The first-order valence-corrected chi connectivity index (χ1v) is 6.64. The lowest BCUT2D eigenvalue weighted by Crippen LogP contribution is -2.40. The fraction of sp³-hybridized carbons (Fsp3) is 0.615. The Morgan fingerprint density at radius 3 is 3.16 bits per heavy atom. The van der Waals surface area contributed by atoms with Crippen LogP contribution in [-0.2, 0) is 27.3 Å². The van der Waals surface area contributed by atoms with Crippen molar-refractivity contribution in [2.45, 2.75) is 45.2 Å². The highest BCUT2D eigenvalue weighted by atomic mass is 16.5. The third-order valence-electron chi connectivity index (χ3n) is 3.18. The van der Waals surface area contributed by atoms with E-state index in [1.807, 2.05) is 10.7 Å². The van der Waals surface area contributed by atoms with Gasteiger partial charge in [0.15, 0.2) is 0 Å². The molecule has 6 nitrogen and oxygen atoms in total. The second kappa shape index (κ2) is 6.36. The van der Waals surface area contributed by atoms with Crippen LogP contribution in [0.4, 0.5) is 0 Å². The zero-order valence-electron chi connectivity index (χ0n) is 11.1. The van der Waals surface area contributed by atoms with Gasteiger partial charge in [-0.15, -0.1) is 0 Å². The van der Waals surface area contributed by atoms with E-state index in [1.165, 1.54) is 0 Å². The molecule has 1 atom stereocenters. The van der Waals surface area contributed by atoms with Gasteiger partial charge in [0.25, 0.3) is 0 Å². The minimum atomic E-state index is -0.320. The van der Waals surface area contributed by atoms with Crippen LogP contribution in [0.25, 0.3) is 0 Å². The van der Waals surface area contributed by atoms with E-state index in [4.69, 9.17) is 4.74 Å². The lowest BCUT2D eigenvalue weighted by molar-refractivity contribution is -0.144. The normalized spacial score (nSPS) is 17.6. The van der Waals surface area contributed by atoms with Crippen molar-refractivity contribution in [1.29, 1.82) is 0 Å². The van der Waals surface area contributed by atoms with E-state index in [2.05, 4.69) is 10.4 Å². The summed E-state index contributed by atoms with van der Waals surface area (Å²) in [5.41, 5.74) is 1.14. The molecule has 104 valence electrons. The van der Waals surface area contributed by atoms with E-state index in [1.54, 1.807) is 13.1 Å². The van der Waals surface area contributed by atoms with E-state index in [0.717, 1.165) is 25.1 Å². The molecular weight excluding hydrogens is 246 g/mol. The second-order valence-corrected chi connectivity index (χ2v) is 4.61. The number of hydrogen-bond donors (Lipinski definition) is 1. The van der Waals surface area contributed by atoms with Crippen LogP contribution in [0.15, 0.2) is 12.3 Å². The molecule has 1 amide bonds. The zero-order valence-corrected chi connectivity index (χ0v) is 11.1. The molecule has 0 aliphatic carbocycles. The molecule has 6 heteroatoms. The summed E-state index contributed by atoms with van der Waals surface area (Å²) in [7, 11) is 0. The minimum absolute atomic E-state index is 0.0916. The molecule has 0 saturated heterocycles. The summed E-state index contributed by atoms with van der Waals surface area (Å²) < 4.78 is 6.75. The number of nitrogens with one attached hydrogen (secondary N) is 1. The summed E-state index contributed by atoms with van der Waals surface area (Å²) in [5.74, 6) is -0.412. The molecule has 0 fully saturated rings. The molecule has 0 spiro atoms. The van der Waals surface area contributed by atoms with Gasteiger partial charge < -0.3 is 10.1 Å². The van der Waals surface area contributed by atoms with E-state index in [0.29, 0.717) is 6.61 Å². The second-order valence-electron chi connectivity index (χ2n) is 4.61. The number of ether oxygens (including phenoxy) is 1. The Hall–Kier alpha value is -1.85. The molecule has 0 radical (unpaired) electrons. The molecule has 0 bridgehead atoms. The van der Waals surface area contributed by atoms with Gasteiger partial charge in [-0.3, -0.25) is 14.3 Å². The van der Waals surface area contributed by atoms with Gasteiger partial charge in [0, 0.05) is 37.3 Å². The average Bonchev–Trinajstić information content (AvgIpc) is 2.84. The zero-order chi connectivity index (χ0) is 13.7. The van der Waals surface area contributed by atoms with Crippen LogP contribution in [0, 0.1) is 0 Å². The number of fused-ring (bicyclic) bond motifs is 1. The predicted molar refractivity (Wildman–Crippen MR) is 68.3 cm³/mol. The Morgan fingerprint density at radius 1 is 1.53 bits per heavy atom. The molecule has 2 rings (SSSR count). The van der Waals surface area contributed by atoms with Crippen molar-refractivity contribution in [1.82, 2.24) is 15.1 Å².